The molecule has 0 bridgehead atoms. The number of methoxy groups -OCH3 is 1. The van der Waals surface area contributed by atoms with Crippen molar-refractivity contribution in [3.05, 3.63) is 66.2 Å². The number of hydrogen-bond acceptors (Lipinski definition) is 2. The zero-order chi connectivity index (χ0) is 15.6. The molecule has 116 valence electrons. The number of ether oxygens (including phenoxy) is 1. The summed E-state index contributed by atoms with van der Waals surface area (Å²) in [5.74, 6) is 0.885. The van der Waals surface area contributed by atoms with E-state index in [4.69, 9.17) is 4.74 Å². The normalized spacial score (nSPS) is 12.3. The Morgan fingerprint density at radius 3 is 2.41 bits per heavy atom. The molecule has 0 amide bonds. The highest BCUT2D eigenvalue weighted by atomic mass is 16.5. The second kappa shape index (κ2) is 8.93. The molecule has 0 unspecified atom stereocenters. The van der Waals surface area contributed by atoms with Gasteiger partial charge in [0.05, 0.1) is 7.11 Å². The van der Waals surface area contributed by atoms with E-state index in [0.29, 0.717) is 6.04 Å². The quantitative estimate of drug-likeness (QED) is 0.706. The molecule has 2 nitrogen and oxygen atoms in total. The van der Waals surface area contributed by atoms with Crippen LogP contribution in [-0.2, 0) is 0 Å². The van der Waals surface area contributed by atoms with Crippen molar-refractivity contribution in [3.63, 3.8) is 0 Å². The Morgan fingerprint density at radius 2 is 1.77 bits per heavy atom. The molecule has 2 aromatic rings. The van der Waals surface area contributed by atoms with Crippen LogP contribution in [0.1, 0.15) is 31.7 Å². The van der Waals surface area contributed by atoms with Crippen LogP contribution in [0.2, 0.25) is 0 Å². The third-order valence-electron chi connectivity index (χ3n) is 3.63. The van der Waals surface area contributed by atoms with E-state index in [0.717, 1.165) is 17.9 Å². The van der Waals surface area contributed by atoms with Crippen LogP contribution in [-0.4, -0.2) is 13.2 Å². The van der Waals surface area contributed by atoms with Crippen molar-refractivity contribution in [2.45, 2.75) is 32.2 Å². The van der Waals surface area contributed by atoms with Gasteiger partial charge in [-0.3, -0.25) is 0 Å². The lowest BCUT2D eigenvalue weighted by Crippen LogP contribution is -2.16. The van der Waals surface area contributed by atoms with Crippen molar-refractivity contribution in [2.75, 3.05) is 12.4 Å². The summed E-state index contributed by atoms with van der Waals surface area (Å²) in [6.45, 7) is 2.23. The van der Waals surface area contributed by atoms with Crippen LogP contribution in [0, 0.1) is 0 Å². The van der Waals surface area contributed by atoms with Gasteiger partial charge >= 0.3 is 0 Å². The molecule has 0 aliphatic carbocycles. The molecule has 0 heterocycles. The predicted octanol–water partition coefficient (Wildman–Crippen LogP) is 5.38. The molecule has 0 aromatic heterocycles. The lowest BCUT2D eigenvalue weighted by molar-refractivity contribution is 0.415. The van der Waals surface area contributed by atoms with E-state index in [-0.39, 0.29) is 0 Å². The fraction of sp³-hybridized carbons (Fsp3) is 0.300. The van der Waals surface area contributed by atoms with Crippen molar-refractivity contribution in [2.24, 2.45) is 0 Å². The molecule has 22 heavy (non-hydrogen) atoms. The van der Waals surface area contributed by atoms with Crippen molar-refractivity contribution in [1.29, 1.82) is 0 Å². The highest BCUT2D eigenvalue weighted by molar-refractivity contribution is 5.53. The molecule has 0 radical (unpaired) electrons. The van der Waals surface area contributed by atoms with Crippen molar-refractivity contribution in [1.82, 2.24) is 0 Å². The highest BCUT2D eigenvalue weighted by Gasteiger charge is 2.04. The highest BCUT2D eigenvalue weighted by Crippen LogP contribution is 2.18. The molecule has 0 spiro atoms. The third kappa shape index (κ3) is 5.28. The number of rotatable bonds is 8. The summed E-state index contributed by atoms with van der Waals surface area (Å²) in [4.78, 5) is 0. The zero-order valence-electron chi connectivity index (χ0n) is 13.5. The molecule has 0 fully saturated rings. The molecule has 2 rings (SSSR count). The molecule has 1 atom stereocenters. The Hall–Kier alpha value is -2.22. The number of unbranched alkanes of at least 4 members (excludes halogenated alkanes) is 1. The zero-order valence-corrected chi connectivity index (χ0v) is 13.5. The van der Waals surface area contributed by atoms with Crippen molar-refractivity contribution in [3.8, 4) is 5.75 Å². The van der Waals surface area contributed by atoms with Crippen LogP contribution in [0.4, 0.5) is 5.69 Å². The fourth-order valence-electron chi connectivity index (χ4n) is 2.33. The molecular weight excluding hydrogens is 270 g/mol. The third-order valence-corrected chi connectivity index (χ3v) is 3.63. The van der Waals surface area contributed by atoms with Gasteiger partial charge in [-0.25, -0.2) is 0 Å². The predicted molar refractivity (Wildman–Crippen MR) is 95.4 cm³/mol. The van der Waals surface area contributed by atoms with Crippen LogP contribution in [0.3, 0.4) is 0 Å². The molecule has 0 saturated heterocycles. The van der Waals surface area contributed by atoms with Gasteiger partial charge in [-0.1, -0.05) is 62.2 Å². The summed E-state index contributed by atoms with van der Waals surface area (Å²) < 4.78 is 5.20. The van der Waals surface area contributed by atoms with Crippen LogP contribution in [0.15, 0.2) is 60.7 Å². The summed E-state index contributed by atoms with van der Waals surface area (Å²) in [5.41, 5.74) is 2.36. The Morgan fingerprint density at radius 1 is 1.05 bits per heavy atom. The minimum absolute atomic E-state index is 0.341. The molecule has 2 heteroatoms. The fourth-order valence-corrected chi connectivity index (χ4v) is 2.33. The van der Waals surface area contributed by atoms with Crippen LogP contribution in [0.5, 0.6) is 5.75 Å². The maximum absolute atomic E-state index is 5.20. The number of nitrogens with one attached hydrogen (secondary N) is 1. The Bertz CT molecular complexity index is 560. The van der Waals surface area contributed by atoms with Gasteiger partial charge in [0.2, 0.25) is 0 Å². The van der Waals surface area contributed by atoms with Gasteiger partial charge in [-0.2, -0.15) is 0 Å². The van der Waals surface area contributed by atoms with Crippen molar-refractivity contribution >= 4 is 11.8 Å². The van der Waals surface area contributed by atoms with Gasteiger partial charge in [0.25, 0.3) is 0 Å². The van der Waals surface area contributed by atoms with Gasteiger partial charge in [-0.15, -0.1) is 0 Å². The number of hydrogen-bond donors (Lipinski definition) is 1. The van der Waals surface area contributed by atoms with Gasteiger partial charge in [0, 0.05) is 11.7 Å². The second-order valence-corrected chi connectivity index (χ2v) is 5.39. The molecule has 1 N–H and O–H groups in total. The van der Waals surface area contributed by atoms with E-state index in [1.54, 1.807) is 7.11 Å². The largest absolute Gasteiger partial charge is 0.497 e. The van der Waals surface area contributed by atoms with Crippen LogP contribution >= 0.6 is 0 Å². The smallest absolute Gasteiger partial charge is 0.119 e. The van der Waals surface area contributed by atoms with Gasteiger partial charge in [0.1, 0.15) is 5.75 Å². The Balaban J connectivity index is 2.03. The van der Waals surface area contributed by atoms with E-state index in [1.807, 2.05) is 18.2 Å². The van der Waals surface area contributed by atoms with E-state index in [2.05, 4.69) is 60.8 Å². The molecule has 0 aliphatic rings. The summed E-state index contributed by atoms with van der Waals surface area (Å²) in [6.07, 6.45) is 8.00. The monoisotopic (exact) mass is 295 g/mol. The minimum atomic E-state index is 0.341. The minimum Gasteiger partial charge on any atom is -0.497 e. The number of benzene rings is 2. The first-order valence-corrected chi connectivity index (χ1v) is 7.95. The maximum atomic E-state index is 5.20. The summed E-state index contributed by atoms with van der Waals surface area (Å²) in [7, 11) is 1.69. The molecule has 0 saturated carbocycles. The molecular formula is C20H25NO. The van der Waals surface area contributed by atoms with E-state index in [1.165, 1.54) is 18.4 Å². The topological polar surface area (TPSA) is 21.3 Å². The van der Waals surface area contributed by atoms with Crippen LogP contribution < -0.4 is 10.1 Å². The standard InChI is InChI=1S/C20H25NO/c1-3-4-10-18(12-11-17-8-6-5-7-9-17)21-19-13-15-20(22-2)16-14-19/h5-9,11-16,18,21H,3-4,10H2,1-2H3/b12-11+/t18-/m1/s1. The molecule has 2 aromatic carbocycles. The molecule has 0 aliphatic heterocycles. The van der Waals surface area contributed by atoms with E-state index < -0.39 is 0 Å². The summed E-state index contributed by atoms with van der Waals surface area (Å²) in [5, 5.41) is 3.59. The maximum Gasteiger partial charge on any atom is 0.119 e. The van der Waals surface area contributed by atoms with E-state index in [9.17, 15) is 0 Å². The first-order valence-electron chi connectivity index (χ1n) is 7.95. The van der Waals surface area contributed by atoms with E-state index >= 15 is 0 Å². The van der Waals surface area contributed by atoms with Gasteiger partial charge in [0.15, 0.2) is 0 Å². The lowest BCUT2D eigenvalue weighted by Gasteiger charge is -2.16. The first kappa shape index (κ1) is 16.2. The van der Waals surface area contributed by atoms with Gasteiger partial charge < -0.3 is 10.1 Å². The average molecular weight is 295 g/mol. The van der Waals surface area contributed by atoms with Crippen LogP contribution in [0.25, 0.3) is 6.08 Å². The average Bonchev–Trinajstić information content (AvgIpc) is 2.59. The summed E-state index contributed by atoms with van der Waals surface area (Å²) in [6, 6.07) is 18.9. The SMILES string of the molecule is CCCC[C@H](/C=C/c1ccccc1)Nc1ccc(OC)cc1. The first-order chi connectivity index (χ1) is 10.8. The Labute approximate surface area is 133 Å². The van der Waals surface area contributed by atoms with Crippen molar-refractivity contribution < 1.29 is 4.74 Å². The summed E-state index contributed by atoms with van der Waals surface area (Å²) >= 11 is 0. The lowest BCUT2D eigenvalue weighted by atomic mass is 10.1. The second-order valence-electron chi connectivity index (χ2n) is 5.39. The van der Waals surface area contributed by atoms with Gasteiger partial charge in [-0.05, 0) is 36.2 Å². The number of anilines is 1. The Kier molecular flexibility index (Phi) is 6.56.